The van der Waals surface area contributed by atoms with Gasteiger partial charge in [-0.25, -0.2) is 0 Å². The summed E-state index contributed by atoms with van der Waals surface area (Å²) in [5.41, 5.74) is 7.71. The third-order valence-corrected chi connectivity index (χ3v) is 4.48. The van der Waals surface area contributed by atoms with Crippen molar-refractivity contribution in [2.75, 3.05) is 17.7 Å². The second kappa shape index (κ2) is 6.32. The number of carbonyl (C=O) groups is 1. The minimum Gasteiger partial charge on any atom is -0.397 e. The SMILES string of the molecule is CN(C(=O)c1cc(Cl)ccc1I)c1ccc(Br)cc1N. The van der Waals surface area contributed by atoms with Crippen LogP contribution >= 0.6 is 50.1 Å². The molecule has 2 N–H and O–H groups in total. The number of anilines is 2. The largest absolute Gasteiger partial charge is 0.397 e. The van der Waals surface area contributed by atoms with Crippen molar-refractivity contribution >= 4 is 67.4 Å². The molecule has 0 atom stereocenters. The van der Waals surface area contributed by atoms with Crippen molar-refractivity contribution in [2.45, 2.75) is 0 Å². The first-order chi connectivity index (χ1) is 9.40. The van der Waals surface area contributed by atoms with Crippen molar-refractivity contribution in [1.82, 2.24) is 0 Å². The average Bonchev–Trinajstić information content (AvgIpc) is 2.40. The van der Waals surface area contributed by atoms with Crippen LogP contribution in [0, 0.1) is 3.57 Å². The van der Waals surface area contributed by atoms with Crippen LogP contribution in [0.4, 0.5) is 11.4 Å². The number of halogens is 3. The van der Waals surface area contributed by atoms with Crippen LogP contribution in [0.1, 0.15) is 10.4 Å². The lowest BCUT2D eigenvalue weighted by Crippen LogP contribution is -2.27. The van der Waals surface area contributed by atoms with Crippen LogP contribution in [0.2, 0.25) is 5.02 Å². The van der Waals surface area contributed by atoms with Gasteiger partial charge in [-0.1, -0.05) is 27.5 Å². The van der Waals surface area contributed by atoms with Crippen LogP contribution in [-0.2, 0) is 0 Å². The van der Waals surface area contributed by atoms with Crippen molar-refractivity contribution < 1.29 is 4.79 Å². The third-order valence-electron chi connectivity index (χ3n) is 2.81. The van der Waals surface area contributed by atoms with Gasteiger partial charge < -0.3 is 10.6 Å². The molecule has 0 unspecified atom stereocenters. The number of amides is 1. The Morgan fingerprint density at radius 2 is 2.00 bits per heavy atom. The minimum absolute atomic E-state index is 0.147. The van der Waals surface area contributed by atoms with Crippen LogP contribution in [0.25, 0.3) is 0 Å². The fourth-order valence-corrected chi connectivity index (χ4v) is 2.90. The van der Waals surface area contributed by atoms with Gasteiger partial charge in [0.05, 0.1) is 16.9 Å². The molecular formula is C14H11BrClIN2O. The van der Waals surface area contributed by atoms with Gasteiger partial charge in [-0.05, 0) is 59.0 Å². The fourth-order valence-electron chi connectivity index (χ4n) is 1.78. The first-order valence-corrected chi connectivity index (χ1v) is 7.93. The molecule has 0 heterocycles. The molecule has 0 bridgehead atoms. The smallest absolute Gasteiger partial charge is 0.259 e. The van der Waals surface area contributed by atoms with Crippen LogP contribution in [0.5, 0.6) is 0 Å². The highest BCUT2D eigenvalue weighted by Crippen LogP contribution is 2.28. The molecule has 2 aromatic rings. The molecule has 0 saturated heterocycles. The highest BCUT2D eigenvalue weighted by Gasteiger charge is 2.18. The summed E-state index contributed by atoms with van der Waals surface area (Å²) < 4.78 is 1.72. The highest BCUT2D eigenvalue weighted by molar-refractivity contribution is 14.1. The highest BCUT2D eigenvalue weighted by atomic mass is 127. The average molecular weight is 466 g/mol. The Morgan fingerprint density at radius 1 is 1.30 bits per heavy atom. The zero-order valence-electron chi connectivity index (χ0n) is 10.5. The molecule has 0 aliphatic rings. The molecule has 0 saturated carbocycles. The maximum Gasteiger partial charge on any atom is 0.259 e. The molecule has 0 aliphatic carbocycles. The van der Waals surface area contributed by atoms with Gasteiger partial charge >= 0.3 is 0 Å². The number of nitrogens with two attached hydrogens (primary N) is 1. The van der Waals surface area contributed by atoms with E-state index in [-0.39, 0.29) is 5.91 Å². The standard InChI is InChI=1S/C14H11BrClIN2O/c1-19(13-5-2-8(15)6-12(13)18)14(20)10-7-9(16)3-4-11(10)17/h2-7H,18H2,1H3. The monoisotopic (exact) mass is 464 g/mol. The number of rotatable bonds is 2. The van der Waals surface area contributed by atoms with Gasteiger partial charge in [-0.3, -0.25) is 4.79 Å². The van der Waals surface area contributed by atoms with E-state index in [0.29, 0.717) is 22.0 Å². The van der Waals surface area contributed by atoms with Crippen molar-refractivity contribution in [3.05, 3.63) is 55.0 Å². The summed E-state index contributed by atoms with van der Waals surface area (Å²) in [7, 11) is 1.69. The molecule has 2 rings (SSSR count). The predicted molar refractivity (Wildman–Crippen MR) is 95.5 cm³/mol. The van der Waals surface area contributed by atoms with E-state index in [9.17, 15) is 4.79 Å². The first-order valence-electron chi connectivity index (χ1n) is 5.68. The van der Waals surface area contributed by atoms with Crippen molar-refractivity contribution in [2.24, 2.45) is 0 Å². The minimum atomic E-state index is -0.147. The van der Waals surface area contributed by atoms with Crippen molar-refractivity contribution in [3.63, 3.8) is 0 Å². The molecule has 1 amide bonds. The maximum absolute atomic E-state index is 12.6. The topological polar surface area (TPSA) is 46.3 Å². The lowest BCUT2D eigenvalue weighted by Gasteiger charge is -2.20. The zero-order valence-corrected chi connectivity index (χ0v) is 15.0. The summed E-state index contributed by atoms with van der Waals surface area (Å²) >= 11 is 11.4. The van der Waals surface area contributed by atoms with E-state index in [0.717, 1.165) is 8.04 Å². The second-order valence-electron chi connectivity index (χ2n) is 4.19. The fraction of sp³-hybridized carbons (Fsp3) is 0.0714. The number of nitrogen functional groups attached to an aromatic ring is 1. The van der Waals surface area contributed by atoms with E-state index in [1.807, 2.05) is 12.1 Å². The number of hydrogen-bond donors (Lipinski definition) is 1. The molecule has 0 aromatic heterocycles. The molecule has 0 radical (unpaired) electrons. The van der Waals surface area contributed by atoms with Gasteiger partial charge in [-0.15, -0.1) is 0 Å². The Hall–Kier alpha value is -0.790. The second-order valence-corrected chi connectivity index (χ2v) is 6.71. The Bertz CT molecular complexity index is 678. The Morgan fingerprint density at radius 3 is 2.65 bits per heavy atom. The third kappa shape index (κ3) is 3.27. The van der Waals surface area contributed by atoms with Gasteiger partial charge in [0, 0.05) is 20.1 Å². The van der Waals surface area contributed by atoms with E-state index < -0.39 is 0 Å². The summed E-state index contributed by atoms with van der Waals surface area (Å²) in [6.07, 6.45) is 0. The summed E-state index contributed by atoms with van der Waals surface area (Å²) in [4.78, 5) is 14.1. The van der Waals surface area contributed by atoms with Crippen LogP contribution in [0.3, 0.4) is 0 Å². The van der Waals surface area contributed by atoms with E-state index >= 15 is 0 Å². The molecule has 2 aromatic carbocycles. The Balaban J connectivity index is 2.40. The summed E-state index contributed by atoms with van der Waals surface area (Å²) in [6.45, 7) is 0. The van der Waals surface area contributed by atoms with Crippen LogP contribution in [0.15, 0.2) is 40.9 Å². The Kier molecular flexibility index (Phi) is 4.93. The summed E-state index contributed by atoms with van der Waals surface area (Å²) in [5.74, 6) is -0.147. The van der Waals surface area contributed by atoms with Crippen LogP contribution in [-0.4, -0.2) is 13.0 Å². The lowest BCUT2D eigenvalue weighted by molar-refractivity contribution is 0.0992. The lowest BCUT2D eigenvalue weighted by atomic mass is 10.2. The quantitative estimate of drug-likeness (QED) is 0.522. The summed E-state index contributed by atoms with van der Waals surface area (Å²) in [5, 5.41) is 0.533. The number of hydrogen-bond acceptors (Lipinski definition) is 2. The molecule has 20 heavy (non-hydrogen) atoms. The molecule has 0 fully saturated rings. The molecule has 0 spiro atoms. The van der Waals surface area contributed by atoms with Gasteiger partial charge in [-0.2, -0.15) is 0 Å². The normalized spacial score (nSPS) is 10.4. The molecule has 6 heteroatoms. The van der Waals surface area contributed by atoms with Gasteiger partial charge in [0.25, 0.3) is 5.91 Å². The summed E-state index contributed by atoms with van der Waals surface area (Å²) in [6, 6.07) is 10.6. The van der Waals surface area contributed by atoms with Crippen molar-refractivity contribution in [3.8, 4) is 0 Å². The van der Waals surface area contributed by atoms with E-state index in [4.69, 9.17) is 17.3 Å². The van der Waals surface area contributed by atoms with Gasteiger partial charge in [0.1, 0.15) is 0 Å². The number of nitrogens with zero attached hydrogens (tertiary/aromatic N) is 1. The van der Waals surface area contributed by atoms with Crippen LogP contribution < -0.4 is 10.6 Å². The van der Waals surface area contributed by atoms with E-state index in [1.54, 1.807) is 31.3 Å². The van der Waals surface area contributed by atoms with Gasteiger partial charge in [0.15, 0.2) is 0 Å². The Labute approximate surface area is 144 Å². The van der Waals surface area contributed by atoms with Crippen molar-refractivity contribution in [1.29, 1.82) is 0 Å². The zero-order chi connectivity index (χ0) is 14.9. The van der Waals surface area contributed by atoms with E-state index in [2.05, 4.69) is 38.5 Å². The van der Waals surface area contributed by atoms with Gasteiger partial charge in [0.2, 0.25) is 0 Å². The maximum atomic E-state index is 12.6. The van der Waals surface area contributed by atoms with E-state index in [1.165, 1.54) is 4.90 Å². The molecule has 3 nitrogen and oxygen atoms in total. The predicted octanol–water partition coefficient (Wildman–Crippen LogP) is 4.57. The molecule has 0 aliphatic heterocycles. The number of carbonyl (C=O) groups excluding carboxylic acids is 1. The number of benzene rings is 2. The molecular weight excluding hydrogens is 454 g/mol. The first kappa shape index (κ1) is 15.6. The molecule has 104 valence electrons.